The Kier molecular flexibility index (Phi) is 6.43. The van der Waals surface area contributed by atoms with Gasteiger partial charge in [-0.05, 0) is 73.9 Å². The van der Waals surface area contributed by atoms with Crippen LogP contribution in [0.4, 0.5) is 11.6 Å². The number of rotatable bonds is 5. The summed E-state index contributed by atoms with van der Waals surface area (Å²) in [6, 6.07) is 16.2. The number of aryl methyl sites for hydroxylation is 3. The predicted octanol–water partition coefficient (Wildman–Crippen LogP) is 5.29. The summed E-state index contributed by atoms with van der Waals surface area (Å²) in [5.41, 5.74) is 6.01. The van der Waals surface area contributed by atoms with Crippen molar-refractivity contribution in [1.82, 2.24) is 9.55 Å². The van der Waals surface area contributed by atoms with Gasteiger partial charge in [0.25, 0.3) is 5.56 Å². The van der Waals surface area contributed by atoms with Crippen molar-refractivity contribution in [2.75, 3.05) is 23.3 Å². The molecule has 2 aromatic heterocycles. The van der Waals surface area contributed by atoms with Gasteiger partial charge >= 0.3 is 0 Å². The van der Waals surface area contributed by atoms with Gasteiger partial charge in [-0.25, -0.2) is 4.98 Å². The van der Waals surface area contributed by atoms with E-state index < -0.39 is 0 Å². The second kappa shape index (κ2) is 9.66. The highest BCUT2D eigenvalue weighted by Crippen LogP contribution is 2.26. The van der Waals surface area contributed by atoms with Crippen LogP contribution in [0.15, 0.2) is 58.7 Å². The quantitative estimate of drug-likeness (QED) is 0.416. The van der Waals surface area contributed by atoms with Gasteiger partial charge in [0.1, 0.15) is 4.70 Å². The van der Waals surface area contributed by atoms with E-state index in [-0.39, 0.29) is 17.4 Å². The first-order valence-electron chi connectivity index (χ1n) is 12.0. The number of amides is 1. The summed E-state index contributed by atoms with van der Waals surface area (Å²) in [4.78, 5) is 33.7. The van der Waals surface area contributed by atoms with Gasteiger partial charge in [0.15, 0.2) is 0 Å². The topological polar surface area (TPSA) is 67.2 Å². The molecule has 2 aromatic carbocycles. The highest BCUT2D eigenvalue weighted by Gasteiger charge is 2.29. The number of thiophene rings is 1. The molecule has 0 bridgehead atoms. The number of hydrogen-bond acceptors (Lipinski definition) is 5. The van der Waals surface area contributed by atoms with Crippen molar-refractivity contribution < 1.29 is 4.79 Å². The van der Waals surface area contributed by atoms with E-state index in [1.807, 2.05) is 37.4 Å². The third kappa shape index (κ3) is 5.00. The molecule has 4 aromatic rings. The number of carbonyl (C=O) groups is 1. The lowest BCUT2D eigenvalue weighted by molar-refractivity contribution is -0.120. The van der Waals surface area contributed by atoms with Gasteiger partial charge in [-0.15, -0.1) is 11.3 Å². The Hall–Kier alpha value is -3.45. The largest absolute Gasteiger partial charge is 0.341 e. The number of aromatic nitrogens is 2. The Bertz CT molecular complexity index is 1420. The lowest BCUT2D eigenvalue weighted by Crippen LogP contribution is -2.43. The molecule has 180 valence electrons. The van der Waals surface area contributed by atoms with E-state index in [0.29, 0.717) is 23.7 Å². The minimum absolute atomic E-state index is 0.0174. The molecule has 0 radical (unpaired) electrons. The molecule has 35 heavy (non-hydrogen) atoms. The molecule has 0 saturated carbocycles. The monoisotopic (exact) mass is 486 g/mol. The van der Waals surface area contributed by atoms with E-state index in [9.17, 15) is 9.59 Å². The molecule has 0 spiro atoms. The van der Waals surface area contributed by atoms with Crippen LogP contribution in [0.5, 0.6) is 0 Å². The molecule has 6 nitrogen and oxygen atoms in total. The first kappa shape index (κ1) is 23.3. The SMILES string of the molecule is Cc1ccc(Cn2c(N3CCC[C@H](C(=O)Nc4cc(C)cc(C)c4)C3)nc3ccsc3c2=O)cc1. The van der Waals surface area contributed by atoms with E-state index >= 15 is 0 Å². The number of fused-ring (bicyclic) bond motifs is 1. The second-order valence-corrected chi connectivity index (χ2v) is 10.5. The van der Waals surface area contributed by atoms with Gasteiger partial charge in [-0.1, -0.05) is 35.9 Å². The molecule has 0 unspecified atom stereocenters. The number of piperidine rings is 1. The lowest BCUT2D eigenvalue weighted by atomic mass is 9.97. The van der Waals surface area contributed by atoms with Crippen molar-refractivity contribution in [3.8, 4) is 0 Å². The van der Waals surface area contributed by atoms with Crippen LogP contribution in [-0.4, -0.2) is 28.5 Å². The summed E-state index contributed by atoms with van der Waals surface area (Å²) in [5.74, 6) is 0.488. The summed E-state index contributed by atoms with van der Waals surface area (Å²) in [6.45, 7) is 7.87. The van der Waals surface area contributed by atoms with E-state index in [0.717, 1.165) is 47.3 Å². The van der Waals surface area contributed by atoms with E-state index in [2.05, 4.69) is 47.5 Å². The molecular weight excluding hydrogens is 456 g/mol. The molecule has 1 aliphatic rings. The highest BCUT2D eigenvalue weighted by atomic mass is 32.1. The number of nitrogens with zero attached hydrogens (tertiary/aromatic N) is 3. The van der Waals surface area contributed by atoms with Crippen molar-refractivity contribution in [2.45, 2.75) is 40.2 Å². The van der Waals surface area contributed by atoms with E-state index in [4.69, 9.17) is 4.98 Å². The van der Waals surface area contributed by atoms with Crippen molar-refractivity contribution in [3.05, 3.63) is 86.5 Å². The van der Waals surface area contributed by atoms with Crippen LogP contribution in [0.1, 0.15) is 35.1 Å². The first-order valence-corrected chi connectivity index (χ1v) is 12.9. The molecule has 1 amide bonds. The predicted molar refractivity (Wildman–Crippen MR) is 144 cm³/mol. The summed E-state index contributed by atoms with van der Waals surface area (Å²) in [7, 11) is 0. The maximum atomic E-state index is 13.5. The number of anilines is 2. The minimum atomic E-state index is -0.174. The van der Waals surface area contributed by atoms with Crippen LogP contribution in [-0.2, 0) is 11.3 Å². The molecule has 3 heterocycles. The molecular formula is C28H30N4O2S. The van der Waals surface area contributed by atoms with Crippen molar-refractivity contribution in [1.29, 1.82) is 0 Å². The maximum Gasteiger partial charge on any atom is 0.273 e. The lowest BCUT2D eigenvalue weighted by Gasteiger charge is -2.34. The molecule has 1 saturated heterocycles. The van der Waals surface area contributed by atoms with Gasteiger partial charge < -0.3 is 10.2 Å². The Morgan fingerprint density at radius 1 is 1.06 bits per heavy atom. The average Bonchev–Trinajstić information content (AvgIpc) is 3.30. The van der Waals surface area contributed by atoms with Crippen LogP contribution < -0.4 is 15.8 Å². The zero-order chi connectivity index (χ0) is 24.5. The van der Waals surface area contributed by atoms with Crippen LogP contribution in [0.2, 0.25) is 0 Å². The van der Waals surface area contributed by atoms with Gasteiger partial charge in [0, 0.05) is 18.8 Å². The number of nitrogens with one attached hydrogen (secondary N) is 1. The third-order valence-electron chi connectivity index (χ3n) is 6.57. The molecule has 1 atom stereocenters. The summed E-state index contributed by atoms with van der Waals surface area (Å²) in [5, 5.41) is 5.02. The summed E-state index contributed by atoms with van der Waals surface area (Å²) < 4.78 is 2.44. The van der Waals surface area contributed by atoms with Crippen LogP contribution >= 0.6 is 11.3 Å². The maximum absolute atomic E-state index is 13.5. The molecule has 5 rings (SSSR count). The fourth-order valence-electron chi connectivity index (χ4n) is 4.86. The molecule has 0 aliphatic carbocycles. The zero-order valence-electron chi connectivity index (χ0n) is 20.4. The van der Waals surface area contributed by atoms with Gasteiger partial charge in [0.05, 0.1) is 18.0 Å². The summed E-state index contributed by atoms with van der Waals surface area (Å²) >= 11 is 1.43. The summed E-state index contributed by atoms with van der Waals surface area (Å²) in [6.07, 6.45) is 1.68. The number of carbonyl (C=O) groups excluding carboxylic acids is 1. The minimum Gasteiger partial charge on any atom is -0.341 e. The Labute approximate surface area is 209 Å². The Morgan fingerprint density at radius 3 is 2.54 bits per heavy atom. The second-order valence-electron chi connectivity index (χ2n) is 9.57. The van der Waals surface area contributed by atoms with Crippen LogP contribution in [0, 0.1) is 26.7 Å². The molecule has 1 N–H and O–H groups in total. The molecule has 1 aliphatic heterocycles. The Balaban J connectivity index is 1.44. The fourth-order valence-corrected chi connectivity index (χ4v) is 5.63. The van der Waals surface area contributed by atoms with Crippen molar-refractivity contribution >= 4 is 39.1 Å². The third-order valence-corrected chi connectivity index (χ3v) is 7.46. The highest BCUT2D eigenvalue weighted by molar-refractivity contribution is 7.17. The number of benzene rings is 2. The normalized spacial score (nSPS) is 16.0. The molecule has 7 heteroatoms. The van der Waals surface area contributed by atoms with Gasteiger partial charge in [-0.3, -0.25) is 14.2 Å². The van der Waals surface area contributed by atoms with Crippen molar-refractivity contribution in [3.63, 3.8) is 0 Å². The molecule has 1 fully saturated rings. The van der Waals surface area contributed by atoms with E-state index in [1.54, 1.807) is 4.57 Å². The smallest absolute Gasteiger partial charge is 0.273 e. The first-order chi connectivity index (χ1) is 16.9. The Morgan fingerprint density at radius 2 is 1.80 bits per heavy atom. The standard InChI is InChI=1S/C28H30N4O2S/c1-18-6-8-21(9-7-18)16-32-27(34)25-24(10-12-35-25)30-28(32)31-11-4-5-22(17-31)26(33)29-23-14-19(2)13-20(3)15-23/h6-10,12-15,22H,4-5,11,16-17H2,1-3H3,(H,29,33)/t22-/m0/s1. The van der Waals surface area contributed by atoms with Gasteiger partial charge in [0.2, 0.25) is 11.9 Å². The number of hydrogen-bond donors (Lipinski definition) is 1. The van der Waals surface area contributed by atoms with Crippen LogP contribution in [0.25, 0.3) is 10.2 Å². The van der Waals surface area contributed by atoms with Crippen molar-refractivity contribution in [2.24, 2.45) is 5.92 Å². The van der Waals surface area contributed by atoms with Gasteiger partial charge in [-0.2, -0.15) is 0 Å². The van der Waals surface area contributed by atoms with Crippen LogP contribution in [0.3, 0.4) is 0 Å². The zero-order valence-corrected chi connectivity index (χ0v) is 21.2. The average molecular weight is 487 g/mol. The fraction of sp³-hybridized carbons (Fsp3) is 0.321. The van der Waals surface area contributed by atoms with E-state index in [1.165, 1.54) is 16.9 Å².